The highest BCUT2D eigenvalue weighted by Gasteiger charge is 2.28. The van der Waals surface area contributed by atoms with Gasteiger partial charge < -0.3 is 4.90 Å². The molecule has 3 heterocycles. The second-order valence-electron chi connectivity index (χ2n) is 6.51. The molecule has 0 aromatic carbocycles. The van der Waals surface area contributed by atoms with Crippen LogP contribution < -0.4 is 0 Å². The van der Waals surface area contributed by atoms with E-state index in [1.54, 1.807) is 0 Å². The number of hydrogen-bond donors (Lipinski definition) is 0. The molecular formula is C16H22N4. The lowest BCUT2D eigenvalue weighted by atomic mass is 9.93. The smallest absolute Gasteiger partial charge is 0.158 e. The van der Waals surface area contributed by atoms with Crippen LogP contribution in [0.2, 0.25) is 0 Å². The van der Waals surface area contributed by atoms with Crippen LogP contribution in [0.1, 0.15) is 54.5 Å². The zero-order chi connectivity index (χ0) is 13.7. The molecule has 1 aliphatic heterocycles. The maximum absolute atomic E-state index is 4.99. The summed E-state index contributed by atoms with van der Waals surface area (Å²) >= 11 is 0. The summed E-state index contributed by atoms with van der Waals surface area (Å²) in [5.74, 6) is 1.34. The third-order valence-corrected chi connectivity index (χ3v) is 4.85. The molecule has 0 atom stereocenters. The summed E-state index contributed by atoms with van der Waals surface area (Å²) in [6.45, 7) is 4.52. The topological polar surface area (TPSA) is 33.4 Å². The van der Waals surface area contributed by atoms with E-state index in [9.17, 15) is 0 Å². The van der Waals surface area contributed by atoms with Crippen molar-refractivity contribution in [3.05, 3.63) is 29.2 Å². The van der Waals surface area contributed by atoms with Crippen LogP contribution in [0.4, 0.5) is 0 Å². The van der Waals surface area contributed by atoms with E-state index in [-0.39, 0.29) is 0 Å². The highest BCUT2D eigenvalue weighted by atomic mass is 15.3. The Hall–Kier alpha value is -1.42. The summed E-state index contributed by atoms with van der Waals surface area (Å²) in [5.41, 5.74) is 4.98. The minimum Gasteiger partial charge on any atom is -0.306 e. The molecule has 0 unspecified atom stereocenters. The maximum Gasteiger partial charge on any atom is 0.158 e. The molecule has 1 aliphatic carbocycles. The monoisotopic (exact) mass is 270 g/mol. The Labute approximate surface area is 119 Å². The fourth-order valence-electron chi connectivity index (χ4n) is 3.35. The number of likely N-dealkylation sites (tertiary alicyclic amines) is 1. The number of rotatable bonds is 2. The minimum atomic E-state index is 0.622. The average Bonchev–Trinajstić information content (AvgIpc) is 3.19. The molecule has 4 nitrogen and oxygen atoms in total. The van der Waals surface area contributed by atoms with E-state index in [0.717, 1.165) is 5.65 Å². The van der Waals surface area contributed by atoms with Gasteiger partial charge in [-0.15, -0.1) is 0 Å². The summed E-state index contributed by atoms with van der Waals surface area (Å²) in [4.78, 5) is 7.40. The fourth-order valence-corrected chi connectivity index (χ4v) is 3.35. The van der Waals surface area contributed by atoms with Crippen molar-refractivity contribution in [2.24, 2.45) is 0 Å². The number of hydrogen-bond acceptors (Lipinski definition) is 3. The predicted octanol–water partition coefficient (Wildman–Crippen LogP) is 2.72. The highest BCUT2D eigenvalue weighted by Crippen LogP contribution is 2.42. The molecule has 1 saturated heterocycles. The largest absolute Gasteiger partial charge is 0.306 e. The van der Waals surface area contributed by atoms with E-state index in [1.807, 2.05) is 10.7 Å². The van der Waals surface area contributed by atoms with Crippen LogP contribution in [0.15, 0.2) is 12.3 Å². The molecule has 2 fully saturated rings. The van der Waals surface area contributed by atoms with Crippen molar-refractivity contribution in [3.63, 3.8) is 0 Å². The Morgan fingerprint density at radius 1 is 1.10 bits per heavy atom. The van der Waals surface area contributed by atoms with Gasteiger partial charge in [-0.3, -0.25) is 0 Å². The van der Waals surface area contributed by atoms with Crippen molar-refractivity contribution >= 4 is 5.65 Å². The second-order valence-corrected chi connectivity index (χ2v) is 6.51. The summed E-state index contributed by atoms with van der Waals surface area (Å²) in [5, 5.41) is 4.52. The molecule has 2 aromatic heterocycles. The molecule has 0 amide bonds. The van der Waals surface area contributed by atoms with Crippen molar-refractivity contribution in [1.82, 2.24) is 19.5 Å². The van der Waals surface area contributed by atoms with E-state index < -0.39 is 0 Å². The van der Waals surface area contributed by atoms with Gasteiger partial charge >= 0.3 is 0 Å². The van der Waals surface area contributed by atoms with Gasteiger partial charge in [0.05, 0.1) is 6.20 Å². The SMILES string of the molecule is Cc1cc(C2CCN(C)CC2)nc2c(C3CC3)cnn12. The highest BCUT2D eigenvalue weighted by molar-refractivity contribution is 5.51. The molecule has 2 aliphatic rings. The molecule has 0 bridgehead atoms. The minimum absolute atomic E-state index is 0.622. The normalized spacial score (nSPS) is 21.7. The quantitative estimate of drug-likeness (QED) is 0.841. The Kier molecular flexibility index (Phi) is 2.81. The van der Waals surface area contributed by atoms with Crippen LogP contribution in [0.5, 0.6) is 0 Å². The molecule has 2 aromatic rings. The van der Waals surface area contributed by atoms with Crippen molar-refractivity contribution in [2.75, 3.05) is 20.1 Å². The van der Waals surface area contributed by atoms with Gasteiger partial charge in [-0.1, -0.05) is 0 Å². The Morgan fingerprint density at radius 2 is 1.85 bits per heavy atom. The molecule has 4 heteroatoms. The molecule has 20 heavy (non-hydrogen) atoms. The van der Waals surface area contributed by atoms with Gasteiger partial charge in [0.1, 0.15) is 0 Å². The standard InChI is InChI=1S/C16H22N4/c1-11-9-15(13-5-7-19(2)8-6-13)18-16-14(12-3-4-12)10-17-20(11)16/h9-10,12-13H,3-8H2,1-2H3. The summed E-state index contributed by atoms with van der Waals surface area (Å²) in [6, 6.07) is 2.24. The van der Waals surface area contributed by atoms with E-state index in [2.05, 4.69) is 30.0 Å². The van der Waals surface area contributed by atoms with Crippen LogP contribution in [-0.2, 0) is 0 Å². The fraction of sp³-hybridized carbons (Fsp3) is 0.625. The molecule has 1 saturated carbocycles. The summed E-state index contributed by atoms with van der Waals surface area (Å²) < 4.78 is 2.02. The number of aryl methyl sites for hydroxylation is 1. The van der Waals surface area contributed by atoms with Crippen LogP contribution in [0.25, 0.3) is 5.65 Å². The Balaban J connectivity index is 1.74. The van der Waals surface area contributed by atoms with Gasteiger partial charge in [0.15, 0.2) is 5.65 Å². The first-order valence-electron chi connectivity index (χ1n) is 7.76. The van der Waals surface area contributed by atoms with Crippen LogP contribution in [0, 0.1) is 6.92 Å². The zero-order valence-electron chi connectivity index (χ0n) is 12.3. The van der Waals surface area contributed by atoms with Gasteiger partial charge in [-0.2, -0.15) is 5.10 Å². The van der Waals surface area contributed by atoms with Crippen LogP contribution in [0.3, 0.4) is 0 Å². The summed E-state index contributed by atoms with van der Waals surface area (Å²) in [7, 11) is 2.21. The van der Waals surface area contributed by atoms with E-state index in [1.165, 1.54) is 55.7 Å². The third-order valence-electron chi connectivity index (χ3n) is 4.85. The zero-order valence-corrected chi connectivity index (χ0v) is 12.3. The van der Waals surface area contributed by atoms with E-state index >= 15 is 0 Å². The number of aromatic nitrogens is 3. The molecule has 4 rings (SSSR count). The number of fused-ring (bicyclic) bond motifs is 1. The number of piperidine rings is 1. The first kappa shape index (κ1) is 12.3. The van der Waals surface area contributed by atoms with Crippen molar-refractivity contribution in [1.29, 1.82) is 0 Å². The lowest BCUT2D eigenvalue weighted by Gasteiger charge is -2.28. The lowest BCUT2D eigenvalue weighted by Crippen LogP contribution is -2.29. The Morgan fingerprint density at radius 3 is 2.55 bits per heavy atom. The first-order chi connectivity index (χ1) is 9.72. The van der Waals surface area contributed by atoms with Crippen LogP contribution in [-0.4, -0.2) is 39.6 Å². The van der Waals surface area contributed by atoms with Crippen molar-refractivity contribution in [2.45, 2.75) is 44.4 Å². The Bertz CT molecular complexity index is 633. The maximum atomic E-state index is 4.99. The molecule has 106 valence electrons. The van der Waals surface area contributed by atoms with Gasteiger partial charge in [0.25, 0.3) is 0 Å². The average molecular weight is 270 g/mol. The molecular weight excluding hydrogens is 248 g/mol. The molecule has 0 radical (unpaired) electrons. The van der Waals surface area contributed by atoms with Gasteiger partial charge in [-0.25, -0.2) is 9.50 Å². The van der Waals surface area contributed by atoms with Crippen molar-refractivity contribution < 1.29 is 0 Å². The molecule has 0 spiro atoms. The predicted molar refractivity (Wildman–Crippen MR) is 79.2 cm³/mol. The van der Waals surface area contributed by atoms with Gasteiger partial charge in [0, 0.05) is 22.9 Å². The third kappa shape index (κ3) is 2.03. The van der Waals surface area contributed by atoms with Gasteiger partial charge in [-0.05, 0) is 64.7 Å². The van der Waals surface area contributed by atoms with E-state index in [0.29, 0.717) is 11.8 Å². The first-order valence-corrected chi connectivity index (χ1v) is 7.76. The lowest BCUT2D eigenvalue weighted by molar-refractivity contribution is 0.253. The molecule has 0 N–H and O–H groups in total. The van der Waals surface area contributed by atoms with Crippen molar-refractivity contribution in [3.8, 4) is 0 Å². The summed E-state index contributed by atoms with van der Waals surface area (Å²) in [6.07, 6.45) is 7.10. The second kappa shape index (κ2) is 4.55. The van der Waals surface area contributed by atoms with E-state index in [4.69, 9.17) is 4.98 Å². The number of nitrogens with zero attached hydrogens (tertiary/aromatic N) is 4. The van der Waals surface area contributed by atoms with Gasteiger partial charge in [0.2, 0.25) is 0 Å². The van der Waals surface area contributed by atoms with Crippen LogP contribution >= 0.6 is 0 Å².